The molecule has 1 heterocycles. The van der Waals surface area contributed by atoms with Gasteiger partial charge >= 0.3 is 0 Å². The number of rotatable bonds is 11. The summed E-state index contributed by atoms with van der Waals surface area (Å²) in [6.07, 6.45) is 1.89. The number of benzene rings is 3. The predicted octanol–water partition coefficient (Wildman–Crippen LogP) is 5.43. The van der Waals surface area contributed by atoms with Crippen LogP contribution in [0.25, 0.3) is 6.08 Å². The minimum absolute atomic E-state index is 0.148. The van der Waals surface area contributed by atoms with Gasteiger partial charge in [0.05, 0.1) is 43.3 Å². The van der Waals surface area contributed by atoms with Crippen LogP contribution >= 0.6 is 11.8 Å². The molecule has 0 unspecified atom stereocenters. The summed E-state index contributed by atoms with van der Waals surface area (Å²) < 4.78 is 13.6. The zero-order valence-corrected chi connectivity index (χ0v) is 24.6. The normalized spacial score (nSPS) is 14.3. The monoisotopic (exact) mass is 560 g/mol. The fourth-order valence-corrected chi connectivity index (χ4v) is 6.02. The largest absolute Gasteiger partial charge is 0.346 e. The Morgan fingerprint density at radius 3 is 2.30 bits per heavy atom. The Bertz CT molecular complexity index is 1330. The molecule has 0 aliphatic carbocycles. The van der Waals surface area contributed by atoms with Crippen LogP contribution in [0.15, 0.2) is 82.6 Å². The van der Waals surface area contributed by atoms with E-state index in [0.29, 0.717) is 34.5 Å². The van der Waals surface area contributed by atoms with Gasteiger partial charge in [-0.25, -0.2) is 4.39 Å². The molecule has 0 saturated heterocycles. The molecular weight excluding hydrogens is 521 g/mol. The first-order valence-electron chi connectivity index (χ1n) is 14.0. The maximum atomic E-state index is 13.7. The van der Waals surface area contributed by atoms with E-state index in [9.17, 15) is 14.0 Å². The van der Waals surface area contributed by atoms with Crippen molar-refractivity contribution < 1.29 is 18.9 Å². The molecule has 1 aliphatic heterocycles. The summed E-state index contributed by atoms with van der Waals surface area (Å²) in [5, 5.41) is 3.08. The Morgan fingerprint density at radius 1 is 0.975 bits per heavy atom. The molecule has 3 aromatic carbocycles. The van der Waals surface area contributed by atoms with Crippen molar-refractivity contribution in [3.05, 3.63) is 100 Å². The van der Waals surface area contributed by atoms with Crippen molar-refractivity contribution in [2.24, 2.45) is 11.8 Å². The van der Waals surface area contributed by atoms with Gasteiger partial charge in [-0.3, -0.25) is 9.59 Å². The van der Waals surface area contributed by atoms with E-state index in [1.165, 1.54) is 28.8 Å². The van der Waals surface area contributed by atoms with Crippen LogP contribution in [-0.2, 0) is 11.3 Å². The number of fused-ring (bicyclic) bond motifs is 1. The maximum absolute atomic E-state index is 13.7. The molecule has 2 N–H and O–H groups in total. The number of anilines is 1. The molecule has 0 radical (unpaired) electrons. The van der Waals surface area contributed by atoms with Crippen molar-refractivity contribution in [2.45, 2.75) is 39.1 Å². The molecule has 5 nitrogen and oxygen atoms in total. The Morgan fingerprint density at radius 2 is 1.65 bits per heavy atom. The lowest BCUT2D eigenvalue weighted by molar-refractivity contribution is -0.904. The Balaban J connectivity index is 1.56. The lowest BCUT2D eigenvalue weighted by Gasteiger charge is -2.31. The van der Waals surface area contributed by atoms with E-state index < -0.39 is 0 Å². The number of amides is 2. The van der Waals surface area contributed by atoms with Crippen LogP contribution in [0.1, 0.15) is 49.2 Å². The van der Waals surface area contributed by atoms with Gasteiger partial charge in [0.15, 0.2) is 0 Å². The molecule has 1 aliphatic rings. The summed E-state index contributed by atoms with van der Waals surface area (Å²) in [6, 6.07) is 21.4. The topological polar surface area (TPSA) is 53.9 Å². The first kappa shape index (κ1) is 29.6. The summed E-state index contributed by atoms with van der Waals surface area (Å²) >= 11 is 1.41. The molecule has 0 fully saturated rings. The minimum atomic E-state index is -0.324. The van der Waals surface area contributed by atoms with Crippen LogP contribution in [0.3, 0.4) is 0 Å². The van der Waals surface area contributed by atoms with Gasteiger partial charge in [0, 0.05) is 22.3 Å². The van der Waals surface area contributed by atoms with Crippen molar-refractivity contribution >= 4 is 35.3 Å². The number of nitrogens with zero attached hydrogens (tertiary/aromatic N) is 1. The van der Waals surface area contributed by atoms with Crippen molar-refractivity contribution in [3.63, 3.8) is 0 Å². The summed E-state index contributed by atoms with van der Waals surface area (Å²) in [4.78, 5) is 31.5. The number of thioether (sulfide) groups is 1. The Kier molecular flexibility index (Phi) is 10.2. The highest BCUT2D eigenvalue weighted by Crippen LogP contribution is 2.43. The van der Waals surface area contributed by atoms with Crippen LogP contribution in [-0.4, -0.2) is 38.0 Å². The number of hydrogen-bond donors (Lipinski definition) is 2. The highest BCUT2D eigenvalue weighted by Gasteiger charge is 2.30. The van der Waals surface area contributed by atoms with Gasteiger partial charge in [0.1, 0.15) is 5.82 Å². The van der Waals surface area contributed by atoms with E-state index in [1.807, 2.05) is 48.5 Å². The number of carbonyl (C=O) groups is 2. The van der Waals surface area contributed by atoms with E-state index in [2.05, 4.69) is 33.0 Å². The molecular formula is C33H39FN3O2S+. The van der Waals surface area contributed by atoms with E-state index >= 15 is 0 Å². The summed E-state index contributed by atoms with van der Waals surface area (Å²) in [7, 11) is 0. The van der Waals surface area contributed by atoms with E-state index in [4.69, 9.17) is 0 Å². The van der Waals surface area contributed by atoms with Crippen LogP contribution in [0, 0.1) is 17.7 Å². The third kappa shape index (κ3) is 8.05. The van der Waals surface area contributed by atoms with Crippen molar-refractivity contribution in [3.8, 4) is 0 Å². The number of quaternary nitrogens is 1. The average molecular weight is 561 g/mol. The smallest absolute Gasteiger partial charge is 0.265 e. The quantitative estimate of drug-likeness (QED) is 0.308. The second-order valence-corrected chi connectivity index (χ2v) is 12.3. The van der Waals surface area contributed by atoms with Crippen LogP contribution in [0.4, 0.5) is 10.1 Å². The Hall–Kier alpha value is -3.42. The third-order valence-electron chi connectivity index (χ3n) is 6.70. The average Bonchev–Trinajstić information content (AvgIpc) is 2.91. The van der Waals surface area contributed by atoms with Gasteiger partial charge in [-0.15, -0.1) is 0 Å². The Labute approximate surface area is 241 Å². The van der Waals surface area contributed by atoms with Gasteiger partial charge in [0.25, 0.3) is 11.8 Å². The van der Waals surface area contributed by atoms with Gasteiger partial charge < -0.3 is 15.1 Å². The summed E-state index contributed by atoms with van der Waals surface area (Å²) in [6.45, 7) is 12.8. The van der Waals surface area contributed by atoms with Crippen molar-refractivity contribution in [2.75, 3.05) is 31.1 Å². The van der Waals surface area contributed by atoms with E-state index in [1.54, 1.807) is 23.1 Å². The fourth-order valence-electron chi connectivity index (χ4n) is 4.98. The second-order valence-electron chi connectivity index (χ2n) is 11.2. The van der Waals surface area contributed by atoms with Crippen molar-refractivity contribution in [1.29, 1.82) is 0 Å². The highest BCUT2D eigenvalue weighted by molar-refractivity contribution is 8.04. The third-order valence-corrected chi connectivity index (χ3v) is 7.77. The standard InChI is InChI=1S/C33H38FN3O2S/c1-23(2)20-36(21-24(3)4)17-16-35-32(38)27-12-15-30-29(19-27)37(22-26-10-13-28(34)14-11-26)33(39)31(40-30)18-25-8-6-5-7-9-25/h5-15,18-19,23-24H,16-17,20-22H2,1-4H3,(H,35,38)/p+1. The molecule has 0 bridgehead atoms. The van der Waals surface area contributed by atoms with Crippen molar-refractivity contribution in [1.82, 2.24) is 5.32 Å². The SMILES string of the molecule is CC(C)C[NH+](CCNC(=O)c1ccc2c(c1)N(Cc1ccc(F)cc1)C(=O)C(=Cc1ccccc1)S2)CC(C)C. The molecule has 7 heteroatoms. The van der Waals surface area contributed by atoms with Gasteiger partial charge in [0.2, 0.25) is 0 Å². The highest BCUT2D eigenvalue weighted by atomic mass is 32.2. The van der Waals surface area contributed by atoms with Gasteiger partial charge in [-0.05, 0) is 47.5 Å². The second kappa shape index (κ2) is 13.8. The first-order valence-corrected chi connectivity index (χ1v) is 14.8. The summed E-state index contributed by atoms with van der Waals surface area (Å²) in [5.41, 5.74) is 2.94. The number of nitrogens with one attached hydrogen (secondary N) is 2. The maximum Gasteiger partial charge on any atom is 0.265 e. The van der Waals surface area contributed by atoms with Gasteiger partial charge in [-0.1, -0.05) is 81.9 Å². The zero-order chi connectivity index (χ0) is 28.6. The lowest BCUT2D eigenvalue weighted by Crippen LogP contribution is -3.13. The summed E-state index contributed by atoms with van der Waals surface area (Å²) in [5.74, 6) is 0.558. The molecule has 210 valence electrons. The first-order chi connectivity index (χ1) is 19.2. The number of carbonyl (C=O) groups excluding carboxylic acids is 2. The minimum Gasteiger partial charge on any atom is -0.346 e. The molecule has 3 aromatic rings. The molecule has 2 amide bonds. The molecule has 0 aromatic heterocycles. The number of halogens is 1. The van der Waals surface area contributed by atoms with Crippen LogP contribution < -0.4 is 15.1 Å². The lowest BCUT2D eigenvalue weighted by atomic mass is 10.1. The van der Waals surface area contributed by atoms with Crippen LogP contribution in [0.2, 0.25) is 0 Å². The van der Waals surface area contributed by atoms with Gasteiger partial charge in [-0.2, -0.15) is 0 Å². The fraction of sp³-hybridized carbons (Fsp3) is 0.333. The molecule has 4 rings (SSSR count). The zero-order valence-electron chi connectivity index (χ0n) is 23.7. The molecule has 0 spiro atoms. The number of hydrogen-bond acceptors (Lipinski definition) is 3. The predicted molar refractivity (Wildman–Crippen MR) is 162 cm³/mol. The molecule has 0 atom stereocenters. The van der Waals surface area contributed by atoms with E-state index in [0.717, 1.165) is 35.7 Å². The molecule has 0 saturated carbocycles. The van der Waals surface area contributed by atoms with Crippen LogP contribution in [0.5, 0.6) is 0 Å². The molecule has 40 heavy (non-hydrogen) atoms. The van der Waals surface area contributed by atoms with E-state index in [-0.39, 0.29) is 24.2 Å².